The van der Waals surface area contributed by atoms with Crippen molar-refractivity contribution in [3.05, 3.63) is 12.2 Å². The molecule has 41 heavy (non-hydrogen) atoms. The number of hydrogen-bond donors (Lipinski definition) is 0. The van der Waals surface area contributed by atoms with Crippen LogP contribution in [0.15, 0.2) is 12.2 Å². The van der Waals surface area contributed by atoms with Crippen molar-refractivity contribution in [1.29, 1.82) is 0 Å². The number of allylic oxidation sites excluding steroid dienone is 2. The molecule has 0 amide bonds. The fourth-order valence-electron chi connectivity index (χ4n) is 5.66. The van der Waals surface area contributed by atoms with E-state index in [1.54, 1.807) is 0 Å². The van der Waals surface area contributed by atoms with Crippen LogP contribution in [0.1, 0.15) is 206 Å². The van der Waals surface area contributed by atoms with Gasteiger partial charge in [0.1, 0.15) is 0 Å². The van der Waals surface area contributed by atoms with E-state index in [0.717, 1.165) is 25.7 Å². The quantitative estimate of drug-likeness (QED) is 0.0336. The zero-order valence-corrected chi connectivity index (χ0v) is 28.7. The second kappa shape index (κ2) is 33.7. The first-order chi connectivity index (χ1) is 20.1. The van der Waals surface area contributed by atoms with Gasteiger partial charge in [0.25, 0.3) is 0 Å². The summed E-state index contributed by atoms with van der Waals surface area (Å²) in [5.74, 6) is -0.0118. The molecular weight excluding hydrogens is 502 g/mol. The SMILES string of the molecule is CCCCCCCC/C=C\CCCCCCCC(=O)OC(CCCCCCCCCCCCCCCCC)N(C)C. The van der Waals surface area contributed by atoms with Crippen LogP contribution in [-0.4, -0.2) is 31.2 Å². The topological polar surface area (TPSA) is 29.5 Å². The number of carbonyl (C=O) groups excluding carboxylic acids is 1. The third-order valence-electron chi connectivity index (χ3n) is 8.54. The molecule has 0 bridgehead atoms. The molecule has 0 saturated heterocycles. The predicted octanol–water partition coefficient (Wildman–Crippen LogP) is 12.7. The van der Waals surface area contributed by atoms with E-state index in [0.29, 0.717) is 6.42 Å². The number of rotatable bonds is 33. The third kappa shape index (κ3) is 31.9. The Morgan fingerprint density at radius 3 is 1.24 bits per heavy atom. The van der Waals surface area contributed by atoms with Gasteiger partial charge >= 0.3 is 5.97 Å². The molecule has 3 nitrogen and oxygen atoms in total. The molecule has 0 spiro atoms. The summed E-state index contributed by atoms with van der Waals surface area (Å²) in [6.45, 7) is 4.57. The summed E-state index contributed by atoms with van der Waals surface area (Å²) in [5.41, 5.74) is 0. The van der Waals surface area contributed by atoms with Crippen molar-refractivity contribution in [2.45, 2.75) is 213 Å². The number of unbranched alkanes of at least 4 members (excludes halogenated alkanes) is 25. The van der Waals surface area contributed by atoms with Gasteiger partial charge in [0, 0.05) is 6.42 Å². The molecule has 0 N–H and O–H groups in total. The Morgan fingerprint density at radius 2 is 0.854 bits per heavy atom. The first-order valence-corrected chi connectivity index (χ1v) is 18.6. The van der Waals surface area contributed by atoms with Crippen molar-refractivity contribution >= 4 is 5.97 Å². The lowest BCUT2D eigenvalue weighted by molar-refractivity contribution is -0.157. The Morgan fingerprint density at radius 1 is 0.512 bits per heavy atom. The minimum absolute atomic E-state index is 0.0118. The van der Waals surface area contributed by atoms with Crippen molar-refractivity contribution in [3.63, 3.8) is 0 Å². The molecule has 0 saturated carbocycles. The molecule has 0 heterocycles. The number of esters is 1. The minimum Gasteiger partial charge on any atom is -0.446 e. The maximum atomic E-state index is 12.4. The Kier molecular flexibility index (Phi) is 33.0. The number of nitrogens with zero attached hydrogens (tertiary/aromatic N) is 1. The van der Waals surface area contributed by atoms with Crippen molar-refractivity contribution < 1.29 is 9.53 Å². The van der Waals surface area contributed by atoms with Gasteiger partial charge in [0.2, 0.25) is 0 Å². The third-order valence-corrected chi connectivity index (χ3v) is 8.54. The monoisotopic (exact) mass is 578 g/mol. The Labute approximate surface area is 259 Å². The van der Waals surface area contributed by atoms with E-state index in [4.69, 9.17) is 4.74 Å². The molecule has 0 aromatic carbocycles. The van der Waals surface area contributed by atoms with Crippen LogP contribution < -0.4 is 0 Å². The molecule has 0 rings (SSSR count). The summed E-state index contributed by atoms with van der Waals surface area (Å²) < 4.78 is 5.83. The number of ether oxygens (including phenoxy) is 1. The molecule has 0 aliphatic carbocycles. The highest BCUT2D eigenvalue weighted by atomic mass is 16.6. The lowest BCUT2D eigenvalue weighted by Crippen LogP contribution is -2.32. The standard InChI is InChI=1S/C38H75NO2/c1-5-7-9-11-13-15-17-19-21-23-25-27-29-31-33-35-37(39(3)4)41-38(40)36-34-32-30-28-26-24-22-20-18-16-14-12-10-8-6-2/h20,22,37H,5-19,21,23-36H2,1-4H3/b22-20-. The van der Waals surface area contributed by atoms with E-state index in [9.17, 15) is 4.79 Å². The maximum Gasteiger partial charge on any atom is 0.307 e. The molecule has 3 heteroatoms. The van der Waals surface area contributed by atoms with Crippen LogP contribution in [0.4, 0.5) is 0 Å². The van der Waals surface area contributed by atoms with Crippen LogP contribution in [0, 0.1) is 0 Å². The highest BCUT2D eigenvalue weighted by Crippen LogP contribution is 2.16. The highest BCUT2D eigenvalue weighted by molar-refractivity contribution is 5.69. The lowest BCUT2D eigenvalue weighted by atomic mass is 10.0. The number of carbonyl (C=O) groups is 1. The van der Waals surface area contributed by atoms with Crippen LogP contribution >= 0.6 is 0 Å². The first kappa shape index (κ1) is 40.2. The maximum absolute atomic E-state index is 12.4. The van der Waals surface area contributed by atoms with Crippen LogP contribution in [0.5, 0.6) is 0 Å². The normalized spacial score (nSPS) is 12.5. The average Bonchev–Trinajstić information content (AvgIpc) is 2.96. The fraction of sp³-hybridized carbons (Fsp3) is 0.921. The Bertz CT molecular complexity index is 544. The van der Waals surface area contributed by atoms with Crippen LogP contribution in [0.3, 0.4) is 0 Å². The molecule has 0 aromatic heterocycles. The molecule has 0 fully saturated rings. The van der Waals surface area contributed by atoms with E-state index >= 15 is 0 Å². The van der Waals surface area contributed by atoms with Gasteiger partial charge in [-0.3, -0.25) is 9.69 Å². The number of hydrogen-bond acceptors (Lipinski definition) is 3. The van der Waals surface area contributed by atoms with E-state index in [1.807, 2.05) is 14.1 Å². The fourth-order valence-corrected chi connectivity index (χ4v) is 5.66. The molecule has 0 aliphatic heterocycles. The van der Waals surface area contributed by atoms with E-state index in [-0.39, 0.29) is 12.2 Å². The minimum atomic E-state index is -0.0624. The molecular formula is C38H75NO2. The smallest absolute Gasteiger partial charge is 0.307 e. The molecule has 1 atom stereocenters. The van der Waals surface area contributed by atoms with Crippen molar-refractivity contribution in [2.75, 3.05) is 14.1 Å². The second-order valence-corrected chi connectivity index (χ2v) is 13.0. The lowest BCUT2D eigenvalue weighted by Gasteiger charge is -2.24. The van der Waals surface area contributed by atoms with E-state index in [2.05, 4.69) is 30.9 Å². The Hall–Kier alpha value is -0.830. The van der Waals surface area contributed by atoms with Gasteiger partial charge in [0.05, 0.1) is 0 Å². The summed E-state index contributed by atoms with van der Waals surface area (Å²) in [4.78, 5) is 14.5. The molecule has 244 valence electrons. The van der Waals surface area contributed by atoms with Crippen molar-refractivity contribution in [3.8, 4) is 0 Å². The van der Waals surface area contributed by atoms with Crippen LogP contribution in [0.25, 0.3) is 0 Å². The molecule has 0 radical (unpaired) electrons. The summed E-state index contributed by atoms with van der Waals surface area (Å²) in [6, 6.07) is 0. The Balaban J connectivity index is 3.55. The van der Waals surface area contributed by atoms with Gasteiger partial charge in [-0.15, -0.1) is 0 Å². The van der Waals surface area contributed by atoms with Gasteiger partial charge in [0.15, 0.2) is 6.23 Å². The van der Waals surface area contributed by atoms with Gasteiger partial charge in [-0.2, -0.15) is 0 Å². The van der Waals surface area contributed by atoms with Crippen molar-refractivity contribution in [2.24, 2.45) is 0 Å². The summed E-state index contributed by atoms with van der Waals surface area (Å²) in [6.07, 6.45) is 43.6. The zero-order chi connectivity index (χ0) is 30.1. The molecule has 0 aromatic rings. The van der Waals surface area contributed by atoms with Gasteiger partial charge < -0.3 is 4.74 Å². The molecule has 1 unspecified atom stereocenters. The van der Waals surface area contributed by atoms with Gasteiger partial charge in [-0.1, -0.05) is 167 Å². The summed E-state index contributed by atoms with van der Waals surface area (Å²) in [7, 11) is 4.07. The van der Waals surface area contributed by atoms with Crippen molar-refractivity contribution in [1.82, 2.24) is 4.90 Å². The summed E-state index contributed by atoms with van der Waals surface area (Å²) in [5, 5.41) is 0. The average molecular weight is 578 g/mol. The van der Waals surface area contributed by atoms with Gasteiger partial charge in [-0.25, -0.2) is 0 Å². The highest BCUT2D eigenvalue weighted by Gasteiger charge is 2.16. The van der Waals surface area contributed by atoms with Gasteiger partial charge in [-0.05, 0) is 59.0 Å². The van der Waals surface area contributed by atoms with Crippen LogP contribution in [0.2, 0.25) is 0 Å². The first-order valence-electron chi connectivity index (χ1n) is 18.6. The molecule has 0 aliphatic rings. The largest absolute Gasteiger partial charge is 0.446 e. The summed E-state index contributed by atoms with van der Waals surface area (Å²) >= 11 is 0. The zero-order valence-electron chi connectivity index (χ0n) is 28.7. The predicted molar refractivity (Wildman–Crippen MR) is 183 cm³/mol. The van der Waals surface area contributed by atoms with E-state index in [1.165, 1.54) is 161 Å². The van der Waals surface area contributed by atoms with Crippen LogP contribution in [-0.2, 0) is 9.53 Å². The second-order valence-electron chi connectivity index (χ2n) is 13.0. The van der Waals surface area contributed by atoms with E-state index < -0.39 is 0 Å².